The van der Waals surface area contributed by atoms with Gasteiger partial charge in [-0.1, -0.05) is 54.6 Å². The molecular formula is C26H28N2O3. The smallest absolute Gasteiger partial charge is 0.251 e. The largest absolute Gasteiger partial charge is 0.491 e. The molecule has 31 heavy (non-hydrogen) atoms. The second-order valence-corrected chi connectivity index (χ2v) is 7.67. The van der Waals surface area contributed by atoms with E-state index in [1.165, 1.54) is 0 Å². The molecule has 0 saturated carbocycles. The van der Waals surface area contributed by atoms with E-state index in [9.17, 15) is 9.59 Å². The van der Waals surface area contributed by atoms with Gasteiger partial charge in [-0.05, 0) is 50.6 Å². The van der Waals surface area contributed by atoms with Crippen molar-refractivity contribution in [3.8, 4) is 5.75 Å². The van der Waals surface area contributed by atoms with E-state index in [0.717, 1.165) is 16.9 Å². The van der Waals surface area contributed by atoms with Crippen molar-refractivity contribution < 1.29 is 14.3 Å². The third kappa shape index (κ3) is 6.19. The first-order chi connectivity index (χ1) is 14.9. The van der Waals surface area contributed by atoms with Crippen molar-refractivity contribution in [2.24, 2.45) is 0 Å². The maximum atomic E-state index is 13.2. The van der Waals surface area contributed by atoms with Gasteiger partial charge in [0.25, 0.3) is 5.91 Å². The highest BCUT2D eigenvalue weighted by Crippen LogP contribution is 2.26. The number of carbonyl (C=O) groups excluding carboxylic acids is 2. The fourth-order valence-corrected chi connectivity index (χ4v) is 3.24. The fraction of sp³-hybridized carbons (Fsp3) is 0.231. The van der Waals surface area contributed by atoms with Gasteiger partial charge in [0.1, 0.15) is 11.8 Å². The van der Waals surface area contributed by atoms with Gasteiger partial charge in [0.05, 0.1) is 6.10 Å². The number of amides is 2. The standard InChI is InChI=1S/C26H28N2O3/c1-18(2)31-24-16-10-15-22(19(24)3)27-26(30)23(17-20-11-6-4-7-12-20)28-25(29)21-13-8-5-9-14-21/h4-16,18,23H,17H2,1-3H3,(H,27,30)(H,28,29). The number of hydrogen-bond donors (Lipinski definition) is 2. The van der Waals surface area contributed by atoms with Crippen LogP contribution in [-0.2, 0) is 11.2 Å². The minimum absolute atomic E-state index is 0.0284. The number of nitrogens with one attached hydrogen (secondary N) is 2. The Morgan fingerprint density at radius 3 is 2.16 bits per heavy atom. The van der Waals surface area contributed by atoms with E-state index in [1.54, 1.807) is 24.3 Å². The molecule has 0 aliphatic carbocycles. The summed E-state index contributed by atoms with van der Waals surface area (Å²) < 4.78 is 5.82. The number of hydrogen-bond acceptors (Lipinski definition) is 3. The molecule has 0 heterocycles. The van der Waals surface area contributed by atoms with Crippen LogP contribution in [0, 0.1) is 6.92 Å². The van der Waals surface area contributed by atoms with E-state index in [1.807, 2.05) is 75.4 Å². The topological polar surface area (TPSA) is 67.4 Å². The van der Waals surface area contributed by atoms with Crippen LogP contribution < -0.4 is 15.4 Å². The minimum Gasteiger partial charge on any atom is -0.491 e. The number of ether oxygens (including phenoxy) is 1. The van der Waals surface area contributed by atoms with E-state index >= 15 is 0 Å². The van der Waals surface area contributed by atoms with Crippen molar-refractivity contribution >= 4 is 17.5 Å². The van der Waals surface area contributed by atoms with Crippen molar-refractivity contribution in [2.45, 2.75) is 39.3 Å². The third-order valence-corrected chi connectivity index (χ3v) is 4.85. The van der Waals surface area contributed by atoms with Crippen LogP contribution in [0.2, 0.25) is 0 Å². The summed E-state index contributed by atoms with van der Waals surface area (Å²) in [5, 5.41) is 5.85. The lowest BCUT2D eigenvalue weighted by molar-refractivity contribution is -0.118. The molecule has 5 heteroatoms. The molecule has 0 saturated heterocycles. The zero-order valence-corrected chi connectivity index (χ0v) is 18.1. The predicted molar refractivity (Wildman–Crippen MR) is 123 cm³/mol. The molecule has 1 unspecified atom stereocenters. The average molecular weight is 417 g/mol. The van der Waals surface area contributed by atoms with E-state index in [2.05, 4.69) is 10.6 Å². The highest BCUT2D eigenvalue weighted by Gasteiger charge is 2.23. The van der Waals surface area contributed by atoms with Gasteiger partial charge < -0.3 is 15.4 Å². The molecular weight excluding hydrogens is 388 g/mol. The molecule has 0 aliphatic heterocycles. The minimum atomic E-state index is -0.732. The van der Waals surface area contributed by atoms with Crippen molar-refractivity contribution in [1.82, 2.24) is 5.32 Å². The normalized spacial score (nSPS) is 11.6. The molecule has 2 N–H and O–H groups in total. The molecule has 0 aromatic heterocycles. The summed E-state index contributed by atoms with van der Waals surface area (Å²) in [6, 6.07) is 23.4. The van der Waals surface area contributed by atoms with Crippen molar-refractivity contribution in [2.75, 3.05) is 5.32 Å². The van der Waals surface area contributed by atoms with Crippen LogP contribution in [0.1, 0.15) is 35.3 Å². The number of carbonyl (C=O) groups is 2. The van der Waals surface area contributed by atoms with Crippen LogP contribution in [0.25, 0.3) is 0 Å². The molecule has 160 valence electrons. The van der Waals surface area contributed by atoms with Gasteiger partial charge in [-0.3, -0.25) is 9.59 Å². The zero-order valence-electron chi connectivity index (χ0n) is 18.1. The molecule has 0 aliphatic rings. The Kier molecular flexibility index (Phi) is 7.44. The summed E-state index contributed by atoms with van der Waals surface area (Å²) in [7, 11) is 0. The van der Waals surface area contributed by atoms with Gasteiger partial charge in [-0.15, -0.1) is 0 Å². The molecule has 3 rings (SSSR count). The van der Waals surface area contributed by atoms with Gasteiger partial charge in [0.15, 0.2) is 0 Å². The number of anilines is 1. The van der Waals surface area contributed by atoms with Crippen LogP contribution in [0.5, 0.6) is 5.75 Å². The first-order valence-corrected chi connectivity index (χ1v) is 10.4. The Bertz CT molecular complexity index is 1020. The Labute approximate surface area is 183 Å². The maximum absolute atomic E-state index is 13.2. The van der Waals surface area contributed by atoms with Crippen molar-refractivity contribution in [1.29, 1.82) is 0 Å². The Balaban J connectivity index is 1.81. The van der Waals surface area contributed by atoms with Crippen molar-refractivity contribution in [3.63, 3.8) is 0 Å². The number of rotatable bonds is 8. The summed E-state index contributed by atoms with van der Waals surface area (Å²) in [4.78, 5) is 25.9. The molecule has 0 fully saturated rings. The molecule has 2 amide bonds. The molecule has 0 radical (unpaired) electrons. The summed E-state index contributed by atoms with van der Waals surface area (Å²) in [5.41, 5.74) is 2.98. The van der Waals surface area contributed by atoms with Gasteiger partial charge in [0, 0.05) is 23.2 Å². The summed E-state index contributed by atoms with van der Waals surface area (Å²) in [6.45, 7) is 5.82. The maximum Gasteiger partial charge on any atom is 0.251 e. The second kappa shape index (κ2) is 10.4. The molecule has 5 nitrogen and oxygen atoms in total. The molecule has 1 atom stereocenters. The third-order valence-electron chi connectivity index (χ3n) is 4.85. The Morgan fingerprint density at radius 1 is 0.871 bits per heavy atom. The highest BCUT2D eigenvalue weighted by atomic mass is 16.5. The SMILES string of the molecule is Cc1c(NC(=O)C(Cc2ccccc2)NC(=O)c2ccccc2)cccc1OC(C)C. The van der Waals surface area contributed by atoms with Gasteiger partial charge >= 0.3 is 0 Å². The van der Waals surface area contributed by atoms with Crippen LogP contribution in [0.15, 0.2) is 78.9 Å². The zero-order chi connectivity index (χ0) is 22.2. The first-order valence-electron chi connectivity index (χ1n) is 10.4. The van der Waals surface area contributed by atoms with Crippen molar-refractivity contribution in [3.05, 3.63) is 95.6 Å². The lowest BCUT2D eigenvalue weighted by atomic mass is 10.0. The quantitative estimate of drug-likeness (QED) is 0.556. The highest BCUT2D eigenvalue weighted by molar-refractivity contribution is 6.01. The van der Waals surface area contributed by atoms with Crippen LogP contribution in [0.4, 0.5) is 5.69 Å². The van der Waals surface area contributed by atoms with E-state index in [0.29, 0.717) is 17.7 Å². The lowest BCUT2D eigenvalue weighted by Crippen LogP contribution is -2.45. The molecule has 0 bridgehead atoms. The number of benzene rings is 3. The van der Waals surface area contributed by atoms with E-state index in [4.69, 9.17) is 4.74 Å². The monoisotopic (exact) mass is 416 g/mol. The lowest BCUT2D eigenvalue weighted by Gasteiger charge is -2.21. The first kappa shape index (κ1) is 22.1. The van der Waals surface area contributed by atoms with Gasteiger partial charge in [-0.25, -0.2) is 0 Å². The Morgan fingerprint density at radius 2 is 1.52 bits per heavy atom. The summed E-state index contributed by atoms with van der Waals surface area (Å²) in [5.74, 6) is 0.156. The molecule has 3 aromatic rings. The second-order valence-electron chi connectivity index (χ2n) is 7.67. The summed E-state index contributed by atoms with van der Waals surface area (Å²) >= 11 is 0. The van der Waals surface area contributed by atoms with Crippen LogP contribution in [-0.4, -0.2) is 24.0 Å². The fourth-order valence-electron chi connectivity index (χ4n) is 3.24. The van der Waals surface area contributed by atoms with Crippen LogP contribution in [0.3, 0.4) is 0 Å². The average Bonchev–Trinajstić information content (AvgIpc) is 2.77. The van der Waals surface area contributed by atoms with E-state index in [-0.39, 0.29) is 17.9 Å². The predicted octanol–water partition coefficient (Wildman–Crippen LogP) is 4.76. The van der Waals surface area contributed by atoms with Gasteiger partial charge in [-0.2, -0.15) is 0 Å². The Hall–Kier alpha value is -3.60. The van der Waals surface area contributed by atoms with E-state index < -0.39 is 6.04 Å². The molecule has 0 spiro atoms. The van der Waals surface area contributed by atoms with Crippen LogP contribution >= 0.6 is 0 Å². The van der Waals surface area contributed by atoms with Gasteiger partial charge in [0.2, 0.25) is 5.91 Å². The molecule has 3 aromatic carbocycles. The summed E-state index contributed by atoms with van der Waals surface area (Å²) in [6.07, 6.45) is 0.410.